The highest BCUT2D eigenvalue weighted by Crippen LogP contribution is 2.42. The summed E-state index contributed by atoms with van der Waals surface area (Å²) >= 11 is 5.95. The zero-order valence-corrected chi connectivity index (χ0v) is 15.9. The predicted molar refractivity (Wildman–Crippen MR) is 102 cm³/mol. The highest BCUT2D eigenvalue weighted by Gasteiger charge is 2.51. The van der Waals surface area contributed by atoms with Gasteiger partial charge >= 0.3 is 0 Å². The molecule has 146 valence electrons. The largest absolute Gasteiger partial charge is 0.478 e. The molecule has 0 aliphatic carbocycles. The number of hydrogen-bond donors (Lipinski definition) is 0. The van der Waals surface area contributed by atoms with Crippen LogP contribution in [0.4, 0.5) is 0 Å². The van der Waals surface area contributed by atoms with Crippen LogP contribution in [-0.4, -0.2) is 43.0 Å². The van der Waals surface area contributed by atoms with Gasteiger partial charge in [-0.3, -0.25) is 4.79 Å². The van der Waals surface area contributed by atoms with Crippen LogP contribution in [0.3, 0.4) is 0 Å². The quantitative estimate of drug-likeness (QED) is 0.717. The maximum Gasteiger partial charge on any atom is 0.266 e. The first kappa shape index (κ1) is 17.6. The van der Waals surface area contributed by atoms with Gasteiger partial charge in [0, 0.05) is 18.2 Å². The highest BCUT2D eigenvalue weighted by atomic mass is 35.5. The molecule has 2 aromatic rings. The normalized spacial score (nSPS) is 25.7. The summed E-state index contributed by atoms with van der Waals surface area (Å²) in [6, 6.07) is 12.6. The topological polar surface area (TPSA) is 57.2 Å². The summed E-state index contributed by atoms with van der Waals surface area (Å²) in [5.74, 6) is 1.99. The van der Waals surface area contributed by atoms with E-state index in [4.69, 9.17) is 30.5 Å². The molecule has 2 fully saturated rings. The summed E-state index contributed by atoms with van der Waals surface area (Å²) in [5.41, 5.74) is 0.959. The number of fused-ring (bicyclic) bond motifs is 1. The van der Waals surface area contributed by atoms with Crippen LogP contribution < -0.4 is 14.2 Å². The number of amides is 1. The SMILES string of the molecule is O=C1[C@@H](Oc2ccc(Cl)cc2)[C@@H](c2ccc3c(c2)OCO3)N1C[C@@H]1CCCO1. The molecule has 0 bridgehead atoms. The Morgan fingerprint density at radius 3 is 2.71 bits per heavy atom. The molecule has 7 heteroatoms. The Kier molecular flexibility index (Phi) is 4.53. The summed E-state index contributed by atoms with van der Waals surface area (Å²) in [5, 5.41) is 0.625. The molecule has 2 saturated heterocycles. The van der Waals surface area contributed by atoms with E-state index < -0.39 is 6.10 Å². The van der Waals surface area contributed by atoms with Crippen LogP contribution in [0, 0.1) is 0 Å². The minimum Gasteiger partial charge on any atom is -0.478 e. The zero-order valence-electron chi connectivity index (χ0n) is 15.2. The minimum absolute atomic E-state index is 0.0342. The molecule has 0 saturated carbocycles. The Hall–Kier alpha value is -2.44. The lowest BCUT2D eigenvalue weighted by Crippen LogP contribution is -2.62. The third-order valence-corrected chi connectivity index (χ3v) is 5.64. The molecule has 3 aliphatic heterocycles. The summed E-state index contributed by atoms with van der Waals surface area (Å²) in [7, 11) is 0. The lowest BCUT2D eigenvalue weighted by Gasteiger charge is -2.47. The van der Waals surface area contributed by atoms with E-state index in [0.29, 0.717) is 23.1 Å². The molecule has 0 radical (unpaired) electrons. The van der Waals surface area contributed by atoms with Crippen molar-refractivity contribution in [3.63, 3.8) is 0 Å². The second kappa shape index (κ2) is 7.18. The zero-order chi connectivity index (χ0) is 19.1. The molecule has 3 atom stereocenters. The number of carbonyl (C=O) groups is 1. The monoisotopic (exact) mass is 401 g/mol. The van der Waals surface area contributed by atoms with E-state index in [2.05, 4.69) is 0 Å². The minimum atomic E-state index is -0.594. The first-order chi connectivity index (χ1) is 13.7. The fourth-order valence-corrected chi connectivity index (χ4v) is 4.08. The number of rotatable bonds is 5. The second-order valence-electron chi connectivity index (χ2n) is 7.18. The van der Waals surface area contributed by atoms with Gasteiger partial charge in [0.2, 0.25) is 12.9 Å². The van der Waals surface area contributed by atoms with E-state index in [1.54, 1.807) is 24.3 Å². The number of carbonyl (C=O) groups excluding carboxylic acids is 1. The van der Waals surface area contributed by atoms with Crippen molar-refractivity contribution < 1.29 is 23.7 Å². The van der Waals surface area contributed by atoms with E-state index in [1.807, 2.05) is 23.1 Å². The highest BCUT2D eigenvalue weighted by molar-refractivity contribution is 6.30. The van der Waals surface area contributed by atoms with E-state index in [0.717, 1.165) is 30.8 Å². The Labute approximate surface area is 167 Å². The van der Waals surface area contributed by atoms with Crippen LogP contribution in [0.25, 0.3) is 0 Å². The molecule has 2 aromatic carbocycles. The van der Waals surface area contributed by atoms with Crippen molar-refractivity contribution in [1.82, 2.24) is 4.90 Å². The van der Waals surface area contributed by atoms with Gasteiger partial charge in [-0.25, -0.2) is 0 Å². The van der Waals surface area contributed by atoms with Gasteiger partial charge in [-0.1, -0.05) is 17.7 Å². The van der Waals surface area contributed by atoms with Crippen molar-refractivity contribution >= 4 is 17.5 Å². The van der Waals surface area contributed by atoms with Crippen molar-refractivity contribution in [2.24, 2.45) is 0 Å². The summed E-state index contributed by atoms with van der Waals surface area (Å²) in [6.45, 7) is 1.54. The van der Waals surface area contributed by atoms with Gasteiger partial charge in [0.15, 0.2) is 11.5 Å². The fraction of sp³-hybridized carbons (Fsp3) is 0.381. The van der Waals surface area contributed by atoms with Gasteiger partial charge in [-0.2, -0.15) is 0 Å². The average Bonchev–Trinajstić information content (AvgIpc) is 3.39. The third-order valence-electron chi connectivity index (χ3n) is 5.39. The molecule has 6 nitrogen and oxygen atoms in total. The molecule has 0 aromatic heterocycles. The van der Waals surface area contributed by atoms with Crippen LogP contribution in [0.1, 0.15) is 24.4 Å². The van der Waals surface area contributed by atoms with Crippen LogP contribution >= 0.6 is 11.6 Å². The number of halogens is 1. The molecule has 0 spiro atoms. The Balaban J connectivity index is 1.41. The number of β-lactam (4-membered cyclic amide) rings is 1. The van der Waals surface area contributed by atoms with Crippen molar-refractivity contribution in [1.29, 1.82) is 0 Å². The van der Waals surface area contributed by atoms with Crippen LogP contribution in [-0.2, 0) is 9.53 Å². The molecule has 5 rings (SSSR count). The third kappa shape index (κ3) is 3.16. The molecule has 3 aliphatic rings. The van der Waals surface area contributed by atoms with E-state index >= 15 is 0 Å². The molecule has 1 amide bonds. The molecular formula is C21H20ClNO5. The predicted octanol–water partition coefficient (Wildman–Crippen LogP) is 3.58. The smallest absolute Gasteiger partial charge is 0.266 e. The number of nitrogens with zero attached hydrogens (tertiary/aromatic N) is 1. The number of likely N-dealkylation sites (tertiary alicyclic amines) is 1. The van der Waals surface area contributed by atoms with E-state index in [-0.39, 0.29) is 24.8 Å². The van der Waals surface area contributed by atoms with Crippen molar-refractivity contribution in [2.45, 2.75) is 31.1 Å². The average molecular weight is 402 g/mol. The molecule has 28 heavy (non-hydrogen) atoms. The van der Waals surface area contributed by atoms with E-state index in [9.17, 15) is 4.79 Å². The first-order valence-electron chi connectivity index (χ1n) is 9.43. The van der Waals surface area contributed by atoms with Crippen LogP contribution in [0.15, 0.2) is 42.5 Å². The lowest BCUT2D eigenvalue weighted by atomic mass is 9.89. The van der Waals surface area contributed by atoms with Gasteiger partial charge in [0.05, 0.1) is 6.10 Å². The molecular weight excluding hydrogens is 382 g/mol. The summed E-state index contributed by atoms with van der Waals surface area (Å²) < 4.78 is 22.7. The van der Waals surface area contributed by atoms with Gasteiger partial charge in [-0.05, 0) is 54.8 Å². The fourth-order valence-electron chi connectivity index (χ4n) is 3.95. The van der Waals surface area contributed by atoms with E-state index in [1.165, 1.54) is 0 Å². The summed E-state index contributed by atoms with van der Waals surface area (Å²) in [4.78, 5) is 14.7. The Morgan fingerprint density at radius 1 is 1.11 bits per heavy atom. The standard InChI is InChI=1S/C21H20ClNO5/c22-14-4-6-15(7-5-14)28-20-19(13-3-8-17-18(10-13)27-12-26-17)23(21(20)24)11-16-2-1-9-25-16/h3-8,10,16,19-20H,1-2,9,11-12H2/t16-,19+,20-/m0/s1. The maximum atomic E-state index is 12.9. The van der Waals surface area contributed by atoms with Crippen molar-refractivity contribution in [3.8, 4) is 17.2 Å². The van der Waals surface area contributed by atoms with Crippen molar-refractivity contribution in [3.05, 3.63) is 53.1 Å². The molecule has 0 unspecified atom stereocenters. The van der Waals surface area contributed by atoms with Crippen LogP contribution in [0.5, 0.6) is 17.2 Å². The maximum absolute atomic E-state index is 12.9. The number of benzene rings is 2. The lowest BCUT2D eigenvalue weighted by molar-refractivity contribution is -0.167. The Morgan fingerprint density at radius 2 is 1.93 bits per heavy atom. The van der Waals surface area contributed by atoms with Gasteiger partial charge in [-0.15, -0.1) is 0 Å². The van der Waals surface area contributed by atoms with Gasteiger partial charge in [0.1, 0.15) is 11.8 Å². The van der Waals surface area contributed by atoms with Crippen LogP contribution in [0.2, 0.25) is 5.02 Å². The molecule has 3 heterocycles. The van der Waals surface area contributed by atoms with Crippen molar-refractivity contribution in [2.75, 3.05) is 19.9 Å². The first-order valence-corrected chi connectivity index (χ1v) is 9.81. The molecule has 0 N–H and O–H groups in total. The number of hydrogen-bond acceptors (Lipinski definition) is 5. The summed E-state index contributed by atoms with van der Waals surface area (Å²) in [6.07, 6.45) is 1.49. The Bertz CT molecular complexity index is 881. The van der Waals surface area contributed by atoms with Gasteiger partial charge < -0.3 is 23.8 Å². The second-order valence-corrected chi connectivity index (χ2v) is 7.61. The van der Waals surface area contributed by atoms with Gasteiger partial charge in [0.25, 0.3) is 5.91 Å². The number of ether oxygens (including phenoxy) is 4.